The van der Waals surface area contributed by atoms with Crippen molar-refractivity contribution in [3.63, 3.8) is 0 Å². The third-order valence-corrected chi connectivity index (χ3v) is 5.69. The van der Waals surface area contributed by atoms with Crippen molar-refractivity contribution in [3.05, 3.63) is 48.4 Å². The van der Waals surface area contributed by atoms with E-state index >= 15 is 0 Å². The van der Waals surface area contributed by atoms with E-state index in [4.69, 9.17) is 8.83 Å². The van der Waals surface area contributed by atoms with Crippen LogP contribution in [0.25, 0.3) is 11.6 Å². The summed E-state index contributed by atoms with van der Waals surface area (Å²) in [6.07, 6.45) is 7.44. The Balaban J connectivity index is 1.44. The maximum Gasteiger partial charge on any atom is 0.200 e. The zero-order valence-corrected chi connectivity index (χ0v) is 15.0. The molecule has 3 aromatic rings. The lowest BCUT2D eigenvalue weighted by Gasteiger charge is -2.48. The van der Waals surface area contributed by atoms with Gasteiger partial charge in [0.25, 0.3) is 0 Å². The van der Waals surface area contributed by atoms with Crippen molar-refractivity contribution < 1.29 is 8.83 Å². The Morgan fingerprint density at radius 2 is 2.04 bits per heavy atom. The summed E-state index contributed by atoms with van der Waals surface area (Å²) in [5.41, 5.74) is 1.27. The highest BCUT2D eigenvalue weighted by molar-refractivity contribution is 5.48. The Labute approximate surface area is 152 Å². The number of nitrogens with zero attached hydrogens (tertiary/aromatic N) is 5. The second-order valence-corrected chi connectivity index (χ2v) is 7.56. The summed E-state index contributed by atoms with van der Waals surface area (Å²) in [5.74, 6) is 2.70. The molecule has 5 heterocycles. The summed E-state index contributed by atoms with van der Waals surface area (Å²) in [6, 6.07) is 5.93. The quantitative estimate of drug-likeness (QED) is 0.721. The van der Waals surface area contributed by atoms with Gasteiger partial charge in [-0.1, -0.05) is 0 Å². The second kappa shape index (κ2) is 6.10. The van der Waals surface area contributed by atoms with E-state index in [0.717, 1.165) is 63.0 Å². The van der Waals surface area contributed by atoms with Gasteiger partial charge in [0.1, 0.15) is 5.82 Å². The molecule has 3 aromatic heterocycles. The van der Waals surface area contributed by atoms with Crippen molar-refractivity contribution in [1.82, 2.24) is 24.6 Å². The third kappa shape index (κ3) is 2.59. The van der Waals surface area contributed by atoms with E-state index in [0.29, 0.717) is 0 Å². The van der Waals surface area contributed by atoms with Gasteiger partial charge in [-0.05, 0) is 38.1 Å². The summed E-state index contributed by atoms with van der Waals surface area (Å²) >= 11 is 0. The Bertz CT molecular complexity index is 860. The van der Waals surface area contributed by atoms with Crippen molar-refractivity contribution in [1.29, 1.82) is 0 Å². The van der Waals surface area contributed by atoms with Crippen LogP contribution >= 0.6 is 0 Å². The number of piperidine rings is 1. The van der Waals surface area contributed by atoms with Crippen molar-refractivity contribution >= 4 is 0 Å². The highest BCUT2D eigenvalue weighted by atomic mass is 16.3. The number of likely N-dealkylation sites (tertiary alicyclic amines) is 1. The van der Waals surface area contributed by atoms with Gasteiger partial charge in [-0.15, -0.1) is 10.2 Å². The van der Waals surface area contributed by atoms with Gasteiger partial charge in [0, 0.05) is 31.7 Å². The molecule has 26 heavy (non-hydrogen) atoms. The van der Waals surface area contributed by atoms with Gasteiger partial charge >= 0.3 is 0 Å². The molecule has 7 nitrogen and oxygen atoms in total. The molecule has 0 radical (unpaired) electrons. The molecule has 2 aliphatic rings. The first-order chi connectivity index (χ1) is 12.7. The van der Waals surface area contributed by atoms with E-state index in [9.17, 15) is 0 Å². The highest BCUT2D eigenvalue weighted by Crippen LogP contribution is 2.39. The molecule has 1 saturated heterocycles. The van der Waals surface area contributed by atoms with Gasteiger partial charge in [-0.2, -0.15) is 0 Å². The largest absolute Gasteiger partial charge is 0.472 e. The monoisotopic (exact) mass is 353 g/mol. The van der Waals surface area contributed by atoms with E-state index in [-0.39, 0.29) is 5.54 Å². The molecule has 0 saturated carbocycles. The van der Waals surface area contributed by atoms with Crippen molar-refractivity contribution in [2.24, 2.45) is 0 Å². The van der Waals surface area contributed by atoms with Crippen LogP contribution in [0.3, 0.4) is 0 Å². The lowest BCUT2D eigenvalue weighted by atomic mass is 9.84. The van der Waals surface area contributed by atoms with Crippen LogP contribution in [0.15, 0.2) is 45.8 Å². The molecular formula is C19H23N5O2. The van der Waals surface area contributed by atoms with Crippen LogP contribution in [0.4, 0.5) is 0 Å². The fourth-order valence-electron chi connectivity index (χ4n) is 4.50. The summed E-state index contributed by atoms with van der Waals surface area (Å²) < 4.78 is 13.2. The van der Waals surface area contributed by atoms with Gasteiger partial charge in [-0.25, -0.2) is 0 Å². The number of fused-ring (bicyclic) bond motifs is 2. The smallest absolute Gasteiger partial charge is 0.200 e. The Morgan fingerprint density at radius 1 is 1.15 bits per heavy atom. The summed E-state index contributed by atoms with van der Waals surface area (Å²) in [5, 5.41) is 8.95. The molecule has 1 fully saturated rings. The van der Waals surface area contributed by atoms with Crippen LogP contribution in [-0.4, -0.2) is 51.2 Å². The Hall–Kier alpha value is -2.38. The fourth-order valence-corrected chi connectivity index (χ4v) is 4.50. The minimum Gasteiger partial charge on any atom is -0.472 e. The number of furan rings is 2. The van der Waals surface area contributed by atoms with Crippen LogP contribution in [0.1, 0.15) is 24.2 Å². The molecule has 2 aliphatic heterocycles. The van der Waals surface area contributed by atoms with E-state index in [1.807, 2.05) is 24.5 Å². The van der Waals surface area contributed by atoms with Crippen LogP contribution in [0, 0.1) is 0 Å². The number of hydrogen-bond donors (Lipinski definition) is 0. The average molecular weight is 353 g/mol. The average Bonchev–Trinajstić information content (AvgIpc) is 3.37. The minimum absolute atomic E-state index is 0.0286. The Morgan fingerprint density at radius 3 is 2.77 bits per heavy atom. The van der Waals surface area contributed by atoms with Crippen LogP contribution in [0.2, 0.25) is 0 Å². The molecule has 1 spiro atoms. The van der Waals surface area contributed by atoms with Gasteiger partial charge in [0.15, 0.2) is 11.6 Å². The maximum absolute atomic E-state index is 5.64. The molecule has 0 atom stereocenters. The number of rotatable bonds is 3. The lowest BCUT2D eigenvalue weighted by molar-refractivity contribution is 0.0487. The van der Waals surface area contributed by atoms with E-state index in [1.165, 1.54) is 5.56 Å². The molecule has 0 bridgehead atoms. The predicted octanol–water partition coefficient (Wildman–Crippen LogP) is 2.57. The molecule has 5 rings (SSSR count). The molecule has 0 aromatic carbocycles. The normalized spacial score (nSPS) is 20.5. The molecule has 136 valence electrons. The van der Waals surface area contributed by atoms with Crippen molar-refractivity contribution in [2.75, 3.05) is 26.7 Å². The standard InChI is InChI=1S/C19H23N5O2/c1-22-12-17-20-21-18(16-3-2-9-26-16)24(17)19(14-22)5-7-23(8-6-19)11-15-4-10-25-13-15/h2-4,9-10,13H,5-8,11-12,14H2,1H3. The summed E-state index contributed by atoms with van der Waals surface area (Å²) in [6.45, 7) is 4.89. The van der Waals surface area contributed by atoms with E-state index in [2.05, 4.69) is 31.6 Å². The fraction of sp³-hybridized carbons (Fsp3) is 0.474. The predicted molar refractivity (Wildman–Crippen MR) is 95.3 cm³/mol. The zero-order valence-electron chi connectivity index (χ0n) is 15.0. The topological polar surface area (TPSA) is 63.5 Å². The number of aromatic nitrogens is 3. The first kappa shape index (κ1) is 15.8. The van der Waals surface area contributed by atoms with Gasteiger partial charge < -0.3 is 8.83 Å². The van der Waals surface area contributed by atoms with Gasteiger partial charge in [0.2, 0.25) is 0 Å². The molecular weight excluding hydrogens is 330 g/mol. The lowest BCUT2D eigenvalue weighted by Crippen LogP contribution is -2.55. The second-order valence-electron chi connectivity index (χ2n) is 7.56. The molecule has 7 heteroatoms. The molecule has 0 N–H and O–H groups in total. The van der Waals surface area contributed by atoms with Crippen molar-refractivity contribution in [3.8, 4) is 11.6 Å². The van der Waals surface area contributed by atoms with E-state index in [1.54, 1.807) is 12.5 Å². The SMILES string of the molecule is CN1Cc2nnc(-c3ccco3)n2C2(CCN(Cc3ccoc3)CC2)C1. The maximum atomic E-state index is 5.64. The number of hydrogen-bond acceptors (Lipinski definition) is 6. The molecule has 0 aliphatic carbocycles. The Kier molecular flexibility index (Phi) is 3.72. The van der Waals surface area contributed by atoms with Crippen LogP contribution in [0.5, 0.6) is 0 Å². The van der Waals surface area contributed by atoms with Crippen molar-refractivity contribution in [2.45, 2.75) is 31.5 Å². The van der Waals surface area contributed by atoms with Gasteiger partial charge in [-0.3, -0.25) is 14.4 Å². The first-order valence-electron chi connectivity index (χ1n) is 9.14. The summed E-state index contributed by atoms with van der Waals surface area (Å²) in [7, 11) is 2.17. The van der Waals surface area contributed by atoms with Crippen LogP contribution < -0.4 is 0 Å². The highest BCUT2D eigenvalue weighted by Gasteiger charge is 2.43. The molecule has 0 amide bonds. The third-order valence-electron chi connectivity index (χ3n) is 5.69. The summed E-state index contributed by atoms with van der Waals surface area (Å²) in [4.78, 5) is 4.86. The first-order valence-corrected chi connectivity index (χ1v) is 9.14. The van der Waals surface area contributed by atoms with E-state index < -0.39 is 0 Å². The molecule has 0 unspecified atom stereocenters. The zero-order chi connectivity index (χ0) is 17.6. The minimum atomic E-state index is 0.0286. The van der Waals surface area contributed by atoms with Gasteiger partial charge in [0.05, 0.1) is 30.9 Å². The van der Waals surface area contributed by atoms with Crippen LogP contribution in [-0.2, 0) is 18.6 Å². The number of likely N-dealkylation sites (N-methyl/N-ethyl adjacent to an activating group) is 1.